The first-order chi connectivity index (χ1) is 10.6. The molecule has 0 saturated carbocycles. The second kappa shape index (κ2) is 7.73. The molecule has 0 bridgehead atoms. The minimum Gasteiger partial charge on any atom is -0.351 e. The highest BCUT2D eigenvalue weighted by molar-refractivity contribution is 6.40. The monoisotopic (exact) mass is 301 g/mol. The molecule has 5 heteroatoms. The van der Waals surface area contributed by atoms with E-state index in [0.717, 1.165) is 24.8 Å². The maximum atomic E-state index is 12.1. The van der Waals surface area contributed by atoms with Crippen molar-refractivity contribution in [2.75, 3.05) is 11.6 Å². The molecule has 118 valence electrons. The van der Waals surface area contributed by atoms with Gasteiger partial charge in [-0.05, 0) is 31.0 Å². The number of hydrogen-bond acceptors (Lipinski definition) is 3. The highest BCUT2D eigenvalue weighted by atomic mass is 16.2. The van der Waals surface area contributed by atoms with Gasteiger partial charge >= 0.3 is 0 Å². The highest BCUT2D eigenvalue weighted by Gasteiger charge is 2.25. The Labute approximate surface area is 131 Å². The summed E-state index contributed by atoms with van der Waals surface area (Å²) >= 11 is 0. The Hall–Kier alpha value is -2.17. The maximum Gasteiger partial charge on any atom is 0.267 e. The van der Waals surface area contributed by atoms with Crippen LogP contribution in [0, 0.1) is 6.92 Å². The lowest BCUT2D eigenvalue weighted by atomic mass is 10.1. The molecule has 0 radical (unpaired) electrons. The first-order valence-corrected chi connectivity index (χ1v) is 7.87. The second-order valence-corrected chi connectivity index (χ2v) is 5.55. The van der Waals surface area contributed by atoms with Gasteiger partial charge in [0, 0.05) is 19.4 Å². The molecule has 0 unspecified atom stereocenters. The zero-order chi connectivity index (χ0) is 15.9. The van der Waals surface area contributed by atoms with Crippen molar-refractivity contribution in [3.8, 4) is 0 Å². The van der Waals surface area contributed by atoms with Gasteiger partial charge in [-0.2, -0.15) is 5.10 Å². The van der Waals surface area contributed by atoms with E-state index in [2.05, 4.69) is 17.3 Å². The van der Waals surface area contributed by atoms with Gasteiger partial charge in [0.2, 0.25) is 5.91 Å². The number of carbonyl (C=O) groups is 2. The van der Waals surface area contributed by atoms with Crippen LogP contribution in [0.15, 0.2) is 29.4 Å². The number of rotatable bonds is 6. The van der Waals surface area contributed by atoms with Crippen molar-refractivity contribution in [2.45, 2.75) is 46.0 Å². The molecule has 1 N–H and O–H groups in total. The zero-order valence-electron chi connectivity index (χ0n) is 13.3. The van der Waals surface area contributed by atoms with Gasteiger partial charge in [0.1, 0.15) is 5.71 Å². The lowest BCUT2D eigenvalue weighted by Gasteiger charge is -2.23. The number of carbonyl (C=O) groups excluding carboxylic acids is 2. The molecule has 1 aromatic rings. The van der Waals surface area contributed by atoms with Gasteiger partial charge in [-0.1, -0.05) is 31.9 Å². The summed E-state index contributed by atoms with van der Waals surface area (Å²) in [6, 6.07) is 7.57. The second-order valence-electron chi connectivity index (χ2n) is 5.55. The number of nitrogens with zero attached hydrogens (tertiary/aromatic N) is 2. The summed E-state index contributed by atoms with van der Waals surface area (Å²) in [5.74, 6) is -0.241. The van der Waals surface area contributed by atoms with Gasteiger partial charge in [-0.25, -0.2) is 5.01 Å². The molecular weight excluding hydrogens is 278 g/mol. The smallest absolute Gasteiger partial charge is 0.267 e. The molecule has 1 aliphatic heterocycles. The van der Waals surface area contributed by atoms with Crippen LogP contribution in [0.2, 0.25) is 0 Å². The van der Waals surface area contributed by atoms with Crippen LogP contribution in [0.3, 0.4) is 0 Å². The third-order valence-electron chi connectivity index (χ3n) is 3.61. The lowest BCUT2D eigenvalue weighted by molar-refractivity contribution is -0.118. The highest BCUT2D eigenvalue weighted by Crippen LogP contribution is 2.21. The van der Waals surface area contributed by atoms with Gasteiger partial charge in [-0.15, -0.1) is 0 Å². The normalized spacial score (nSPS) is 14.7. The molecule has 1 aromatic carbocycles. The number of unbranched alkanes of at least 4 members (excludes halogenated alkanes) is 2. The number of aryl methyl sites for hydroxylation is 1. The molecular formula is C17H23N3O2. The van der Waals surface area contributed by atoms with Crippen LogP contribution in [0.5, 0.6) is 0 Å². The fourth-order valence-electron chi connectivity index (χ4n) is 2.36. The first-order valence-electron chi connectivity index (χ1n) is 7.87. The van der Waals surface area contributed by atoms with E-state index in [1.54, 1.807) is 0 Å². The zero-order valence-corrected chi connectivity index (χ0v) is 13.3. The first kappa shape index (κ1) is 16.2. The molecule has 0 aliphatic carbocycles. The molecule has 2 rings (SSSR count). The van der Waals surface area contributed by atoms with Crippen molar-refractivity contribution < 1.29 is 9.59 Å². The Bertz CT molecular complexity index is 581. The fraction of sp³-hybridized carbons (Fsp3) is 0.471. The Morgan fingerprint density at radius 1 is 1.32 bits per heavy atom. The van der Waals surface area contributed by atoms with E-state index in [1.807, 2.05) is 31.2 Å². The van der Waals surface area contributed by atoms with Crippen molar-refractivity contribution >= 4 is 23.2 Å². The van der Waals surface area contributed by atoms with Crippen LogP contribution in [0.1, 0.15) is 44.6 Å². The summed E-state index contributed by atoms with van der Waals surface area (Å²) in [7, 11) is 0. The Morgan fingerprint density at radius 2 is 2.14 bits per heavy atom. The van der Waals surface area contributed by atoms with E-state index in [1.165, 1.54) is 5.01 Å². The summed E-state index contributed by atoms with van der Waals surface area (Å²) in [5, 5.41) is 8.48. The molecule has 2 amide bonds. The predicted molar refractivity (Wildman–Crippen MR) is 87.9 cm³/mol. The van der Waals surface area contributed by atoms with E-state index >= 15 is 0 Å². The standard InChI is InChI=1S/C17H23N3O2/c1-3-4-5-11-18-17(22)15-9-10-16(21)20(19-15)14-8-6-7-13(2)12-14/h6-8,12H,3-5,9-11H2,1-2H3,(H,18,22). The van der Waals surface area contributed by atoms with Gasteiger partial charge in [-0.3, -0.25) is 9.59 Å². The minimum absolute atomic E-state index is 0.0758. The van der Waals surface area contributed by atoms with Crippen LogP contribution in [-0.2, 0) is 9.59 Å². The topological polar surface area (TPSA) is 61.8 Å². The van der Waals surface area contributed by atoms with Crippen molar-refractivity contribution in [1.82, 2.24) is 5.32 Å². The van der Waals surface area contributed by atoms with Crippen LogP contribution in [0.4, 0.5) is 5.69 Å². The Kier molecular flexibility index (Phi) is 5.69. The molecule has 1 aliphatic rings. The quantitative estimate of drug-likeness (QED) is 0.821. The van der Waals surface area contributed by atoms with Crippen LogP contribution in [-0.4, -0.2) is 24.1 Å². The van der Waals surface area contributed by atoms with Crippen molar-refractivity contribution in [2.24, 2.45) is 5.10 Å². The van der Waals surface area contributed by atoms with Crippen molar-refractivity contribution in [3.05, 3.63) is 29.8 Å². The van der Waals surface area contributed by atoms with Gasteiger partial charge in [0.15, 0.2) is 0 Å². The van der Waals surface area contributed by atoms with Crippen LogP contribution < -0.4 is 10.3 Å². The van der Waals surface area contributed by atoms with Crippen LogP contribution in [0.25, 0.3) is 0 Å². The van der Waals surface area contributed by atoms with Crippen molar-refractivity contribution in [1.29, 1.82) is 0 Å². The molecule has 0 aromatic heterocycles. The summed E-state index contributed by atoms with van der Waals surface area (Å²) in [6.45, 7) is 4.74. The number of nitrogens with one attached hydrogen (secondary N) is 1. The number of hydrogen-bond donors (Lipinski definition) is 1. The molecule has 0 fully saturated rings. The predicted octanol–water partition coefficient (Wildman–Crippen LogP) is 2.78. The molecule has 1 heterocycles. The summed E-state index contributed by atoms with van der Waals surface area (Å²) in [5.41, 5.74) is 2.19. The number of amides is 2. The number of anilines is 1. The van der Waals surface area contributed by atoms with E-state index in [0.29, 0.717) is 30.8 Å². The van der Waals surface area contributed by atoms with Crippen LogP contribution >= 0.6 is 0 Å². The largest absolute Gasteiger partial charge is 0.351 e. The summed E-state index contributed by atoms with van der Waals surface area (Å²) < 4.78 is 0. The average molecular weight is 301 g/mol. The molecule has 0 spiro atoms. The Balaban J connectivity index is 2.07. The van der Waals surface area contributed by atoms with E-state index in [-0.39, 0.29) is 11.8 Å². The number of hydrazone groups is 1. The fourth-order valence-corrected chi connectivity index (χ4v) is 2.36. The van der Waals surface area contributed by atoms with Crippen molar-refractivity contribution in [3.63, 3.8) is 0 Å². The maximum absolute atomic E-state index is 12.1. The number of benzene rings is 1. The van der Waals surface area contributed by atoms with E-state index < -0.39 is 0 Å². The average Bonchev–Trinajstić information content (AvgIpc) is 2.52. The molecule has 5 nitrogen and oxygen atoms in total. The van der Waals surface area contributed by atoms with Gasteiger partial charge in [0.05, 0.1) is 5.69 Å². The molecule has 22 heavy (non-hydrogen) atoms. The minimum atomic E-state index is -0.166. The van der Waals surface area contributed by atoms with Gasteiger partial charge < -0.3 is 5.32 Å². The van der Waals surface area contributed by atoms with Gasteiger partial charge in [0.25, 0.3) is 5.91 Å². The molecule has 0 atom stereocenters. The summed E-state index contributed by atoms with van der Waals surface area (Å²) in [6.07, 6.45) is 3.90. The third kappa shape index (κ3) is 4.16. The molecule has 0 saturated heterocycles. The lowest BCUT2D eigenvalue weighted by Crippen LogP contribution is -2.39. The Morgan fingerprint density at radius 3 is 2.86 bits per heavy atom. The SMILES string of the molecule is CCCCCNC(=O)C1=NN(c2cccc(C)c2)C(=O)CC1. The van der Waals surface area contributed by atoms with E-state index in [9.17, 15) is 9.59 Å². The third-order valence-corrected chi connectivity index (χ3v) is 3.61. The van der Waals surface area contributed by atoms with E-state index in [4.69, 9.17) is 0 Å². The summed E-state index contributed by atoms with van der Waals surface area (Å²) in [4.78, 5) is 24.2.